The SMILES string of the molecule is CC(=O)c1cc(N(C)C2CCCCC2)ccc1[N+](=O)[O-]. The lowest BCUT2D eigenvalue weighted by Gasteiger charge is -2.33. The first-order chi connectivity index (χ1) is 9.50. The normalized spacial score (nSPS) is 15.9. The molecule has 0 atom stereocenters. The molecule has 0 bridgehead atoms. The predicted octanol–water partition coefficient (Wildman–Crippen LogP) is 3.57. The monoisotopic (exact) mass is 276 g/mol. The summed E-state index contributed by atoms with van der Waals surface area (Å²) in [6, 6.07) is 5.28. The number of rotatable bonds is 4. The number of hydrogen-bond acceptors (Lipinski definition) is 4. The summed E-state index contributed by atoms with van der Waals surface area (Å²) in [7, 11) is 2.00. The zero-order valence-electron chi connectivity index (χ0n) is 12.0. The molecule has 0 amide bonds. The number of benzene rings is 1. The zero-order chi connectivity index (χ0) is 14.7. The molecule has 5 heteroatoms. The zero-order valence-corrected chi connectivity index (χ0v) is 12.0. The molecule has 1 aliphatic rings. The Balaban J connectivity index is 2.30. The maximum absolute atomic E-state index is 11.6. The lowest BCUT2D eigenvalue weighted by atomic mass is 9.94. The molecule has 5 nitrogen and oxygen atoms in total. The van der Waals surface area contributed by atoms with Crippen LogP contribution < -0.4 is 4.90 Å². The van der Waals surface area contributed by atoms with Crippen molar-refractivity contribution in [3.05, 3.63) is 33.9 Å². The van der Waals surface area contributed by atoms with Crippen LogP contribution in [-0.4, -0.2) is 23.8 Å². The minimum Gasteiger partial charge on any atom is -0.372 e. The number of hydrogen-bond donors (Lipinski definition) is 0. The number of carbonyl (C=O) groups is 1. The summed E-state index contributed by atoms with van der Waals surface area (Å²) in [6.07, 6.45) is 6.01. The third-order valence-corrected chi connectivity index (χ3v) is 4.09. The maximum Gasteiger partial charge on any atom is 0.280 e. The Hall–Kier alpha value is -1.91. The second-order valence-corrected chi connectivity index (χ2v) is 5.42. The largest absolute Gasteiger partial charge is 0.372 e. The molecular weight excluding hydrogens is 256 g/mol. The Morgan fingerprint density at radius 3 is 2.50 bits per heavy atom. The van der Waals surface area contributed by atoms with E-state index in [-0.39, 0.29) is 17.0 Å². The van der Waals surface area contributed by atoms with E-state index in [9.17, 15) is 14.9 Å². The number of ketones is 1. The van der Waals surface area contributed by atoms with Crippen molar-refractivity contribution in [3.63, 3.8) is 0 Å². The van der Waals surface area contributed by atoms with Gasteiger partial charge >= 0.3 is 0 Å². The Labute approximate surface area is 118 Å². The highest BCUT2D eigenvalue weighted by molar-refractivity contribution is 5.99. The molecular formula is C15H20N2O3. The van der Waals surface area contributed by atoms with Gasteiger partial charge in [-0.2, -0.15) is 0 Å². The van der Waals surface area contributed by atoms with Gasteiger partial charge in [0.1, 0.15) is 0 Å². The summed E-state index contributed by atoms with van der Waals surface area (Å²) >= 11 is 0. The van der Waals surface area contributed by atoms with Gasteiger partial charge in [0, 0.05) is 24.8 Å². The van der Waals surface area contributed by atoms with Gasteiger partial charge in [0.05, 0.1) is 10.5 Å². The fraction of sp³-hybridized carbons (Fsp3) is 0.533. The van der Waals surface area contributed by atoms with Crippen molar-refractivity contribution < 1.29 is 9.72 Å². The summed E-state index contributed by atoms with van der Waals surface area (Å²) in [5.41, 5.74) is 0.959. The molecule has 0 saturated heterocycles. The molecule has 1 fully saturated rings. The third-order valence-electron chi connectivity index (χ3n) is 4.09. The quantitative estimate of drug-likeness (QED) is 0.479. The van der Waals surface area contributed by atoms with Gasteiger partial charge in [-0.25, -0.2) is 0 Å². The lowest BCUT2D eigenvalue weighted by molar-refractivity contribution is -0.385. The van der Waals surface area contributed by atoms with Crippen molar-refractivity contribution in [1.29, 1.82) is 0 Å². The highest BCUT2D eigenvalue weighted by Crippen LogP contribution is 2.29. The topological polar surface area (TPSA) is 63.5 Å². The molecule has 1 aromatic rings. The van der Waals surface area contributed by atoms with Gasteiger partial charge in [0.15, 0.2) is 5.78 Å². The van der Waals surface area contributed by atoms with Gasteiger partial charge in [-0.1, -0.05) is 19.3 Å². The predicted molar refractivity (Wildman–Crippen MR) is 78.4 cm³/mol. The van der Waals surface area contributed by atoms with Gasteiger partial charge in [-0.05, 0) is 31.9 Å². The second-order valence-electron chi connectivity index (χ2n) is 5.42. The number of anilines is 1. The molecule has 0 radical (unpaired) electrons. The number of nitro benzene ring substituents is 1. The Bertz CT molecular complexity index is 522. The van der Waals surface area contributed by atoms with Gasteiger partial charge in [-0.15, -0.1) is 0 Å². The minimum absolute atomic E-state index is 0.113. The number of carbonyl (C=O) groups excluding carboxylic acids is 1. The first kappa shape index (κ1) is 14.5. The molecule has 2 rings (SSSR count). The van der Waals surface area contributed by atoms with Gasteiger partial charge in [0.2, 0.25) is 0 Å². The Morgan fingerprint density at radius 1 is 1.30 bits per heavy atom. The molecule has 0 N–H and O–H groups in total. The highest BCUT2D eigenvalue weighted by Gasteiger charge is 2.22. The summed E-state index contributed by atoms with van der Waals surface area (Å²) in [5.74, 6) is -0.268. The van der Waals surface area contributed by atoms with Crippen LogP contribution in [0.25, 0.3) is 0 Å². The van der Waals surface area contributed by atoms with Crippen LogP contribution >= 0.6 is 0 Å². The van der Waals surface area contributed by atoms with E-state index in [2.05, 4.69) is 4.90 Å². The summed E-state index contributed by atoms with van der Waals surface area (Å²) < 4.78 is 0. The third kappa shape index (κ3) is 2.98. The fourth-order valence-electron chi connectivity index (χ4n) is 2.86. The van der Waals surface area contributed by atoms with E-state index in [0.717, 1.165) is 18.5 Å². The molecule has 108 valence electrons. The summed E-state index contributed by atoms with van der Waals surface area (Å²) in [4.78, 5) is 24.2. The molecule has 1 aromatic carbocycles. The average Bonchev–Trinajstić information content (AvgIpc) is 2.46. The summed E-state index contributed by atoms with van der Waals surface area (Å²) in [6.45, 7) is 1.37. The summed E-state index contributed by atoms with van der Waals surface area (Å²) in [5, 5.41) is 10.9. The van der Waals surface area contributed by atoms with Crippen LogP contribution in [-0.2, 0) is 0 Å². The van der Waals surface area contributed by atoms with E-state index in [4.69, 9.17) is 0 Å². The average molecular weight is 276 g/mol. The molecule has 0 aromatic heterocycles. The first-order valence-corrected chi connectivity index (χ1v) is 7.03. The van der Waals surface area contributed by atoms with Gasteiger partial charge in [-0.3, -0.25) is 14.9 Å². The molecule has 20 heavy (non-hydrogen) atoms. The van der Waals surface area contributed by atoms with E-state index in [0.29, 0.717) is 6.04 Å². The Morgan fingerprint density at radius 2 is 1.95 bits per heavy atom. The van der Waals surface area contributed by atoms with Crippen LogP contribution in [0.5, 0.6) is 0 Å². The van der Waals surface area contributed by atoms with Crippen molar-refractivity contribution in [1.82, 2.24) is 0 Å². The minimum atomic E-state index is -0.499. The smallest absolute Gasteiger partial charge is 0.280 e. The van der Waals surface area contributed by atoms with E-state index >= 15 is 0 Å². The molecule has 1 aliphatic carbocycles. The molecule has 0 heterocycles. The number of nitrogens with zero attached hydrogens (tertiary/aromatic N) is 2. The van der Waals surface area contributed by atoms with Crippen molar-refractivity contribution in [3.8, 4) is 0 Å². The standard InChI is InChI=1S/C15H20N2O3/c1-11(18)14-10-13(8-9-15(14)17(19)20)16(2)12-6-4-3-5-7-12/h8-10,12H,3-7H2,1-2H3. The van der Waals surface area contributed by atoms with Crippen molar-refractivity contribution in [2.75, 3.05) is 11.9 Å². The van der Waals surface area contributed by atoms with Gasteiger partial charge < -0.3 is 4.90 Å². The van der Waals surface area contributed by atoms with E-state index in [1.54, 1.807) is 12.1 Å². The van der Waals surface area contributed by atoms with Crippen LogP contribution in [0.15, 0.2) is 18.2 Å². The fourth-order valence-corrected chi connectivity index (χ4v) is 2.86. The molecule has 1 saturated carbocycles. The van der Waals surface area contributed by atoms with Crippen LogP contribution in [0.1, 0.15) is 49.4 Å². The van der Waals surface area contributed by atoms with E-state index < -0.39 is 4.92 Å². The second kappa shape index (κ2) is 6.03. The molecule has 0 unspecified atom stereocenters. The lowest BCUT2D eigenvalue weighted by Crippen LogP contribution is -2.33. The van der Waals surface area contributed by atoms with Crippen molar-refractivity contribution >= 4 is 17.2 Å². The van der Waals surface area contributed by atoms with Crippen molar-refractivity contribution in [2.45, 2.75) is 45.1 Å². The van der Waals surface area contributed by atoms with Crippen LogP contribution in [0.3, 0.4) is 0 Å². The van der Waals surface area contributed by atoms with Gasteiger partial charge in [0.25, 0.3) is 5.69 Å². The highest BCUT2D eigenvalue weighted by atomic mass is 16.6. The first-order valence-electron chi connectivity index (χ1n) is 7.03. The van der Waals surface area contributed by atoms with Crippen LogP contribution in [0.4, 0.5) is 11.4 Å². The molecule has 0 aliphatic heterocycles. The van der Waals surface area contributed by atoms with E-state index in [1.807, 2.05) is 7.05 Å². The molecule has 0 spiro atoms. The maximum atomic E-state index is 11.6. The van der Waals surface area contributed by atoms with Crippen molar-refractivity contribution in [2.24, 2.45) is 0 Å². The van der Waals surface area contributed by atoms with E-state index in [1.165, 1.54) is 32.3 Å². The van der Waals surface area contributed by atoms with Crippen LogP contribution in [0, 0.1) is 10.1 Å². The number of nitro groups is 1. The Kier molecular flexibility index (Phi) is 4.37. The van der Waals surface area contributed by atoms with Crippen LogP contribution in [0.2, 0.25) is 0 Å². The number of Topliss-reactive ketones (excluding diaryl/α,β-unsaturated/α-hetero) is 1.